The third-order valence-corrected chi connectivity index (χ3v) is 5.43. The van der Waals surface area contributed by atoms with Gasteiger partial charge in [0.05, 0.1) is 16.9 Å². The molecule has 0 spiro atoms. The van der Waals surface area contributed by atoms with E-state index in [-0.39, 0.29) is 17.6 Å². The zero-order chi connectivity index (χ0) is 22.4. The van der Waals surface area contributed by atoms with Crippen LogP contribution >= 0.6 is 0 Å². The van der Waals surface area contributed by atoms with Gasteiger partial charge in [0, 0.05) is 18.8 Å². The van der Waals surface area contributed by atoms with Crippen molar-refractivity contribution in [3.05, 3.63) is 70.3 Å². The molecule has 1 unspecified atom stereocenters. The van der Waals surface area contributed by atoms with Crippen LogP contribution in [0.15, 0.2) is 53.3 Å². The average molecular weight is 421 g/mol. The number of rotatable bonds is 8. The molecule has 0 radical (unpaired) electrons. The summed E-state index contributed by atoms with van der Waals surface area (Å²) >= 11 is 0. The fourth-order valence-electron chi connectivity index (χ4n) is 3.89. The monoisotopic (exact) mass is 420 g/mol. The molecule has 1 atom stereocenters. The number of para-hydroxylation sites is 1. The molecular formula is C25H32N4O2. The minimum Gasteiger partial charge on any atom is -0.314 e. The molecule has 164 valence electrons. The lowest BCUT2D eigenvalue weighted by molar-refractivity contribution is 0.180. The topological polar surface area (TPSA) is 67.2 Å². The predicted molar refractivity (Wildman–Crippen MR) is 127 cm³/mol. The van der Waals surface area contributed by atoms with Crippen molar-refractivity contribution < 1.29 is 4.79 Å². The number of nitrogens with zero attached hydrogens (tertiary/aromatic N) is 3. The normalized spacial score (nSPS) is 12.0. The van der Waals surface area contributed by atoms with E-state index >= 15 is 0 Å². The highest BCUT2D eigenvalue weighted by Gasteiger charge is 2.28. The van der Waals surface area contributed by atoms with Crippen LogP contribution in [-0.2, 0) is 6.54 Å². The lowest BCUT2D eigenvalue weighted by atomic mass is 10.1. The number of aryl methyl sites for hydroxylation is 1. The van der Waals surface area contributed by atoms with Gasteiger partial charge in [-0.05, 0) is 50.5 Å². The largest absolute Gasteiger partial charge is 0.322 e. The number of hydrogen-bond acceptors (Lipinski definition) is 3. The van der Waals surface area contributed by atoms with Crippen LogP contribution in [-0.4, -0.2) is 27.0 Å². The maximum atomic E-state index is 13.3. The lowest BCUT2D eigenvalue weighted by Crippen LogP contribution is -2.41. The first kappa shape index (κ1) is 22.5. The van der Waals surface area contributed by atoms with Gasteiger partial charge in [-0.25, -0.2) is 9.78 Å². The van der Waals surface area contributed by atoms with Gasteiger partial charge in [0.15, 0.2) is 0 Å². The summed E-state index contributed by atoms with van der Waals surface area (Å²) in [6.45, 7) is 9.28. The Balaban J connectivity index is 2.05. The fourth-order valence-corrected chi connectivity index (χ4v) is 3.89. The number of benzene rings is 2. The molecule has 0 saturated heterocycles. The maximum Gasteiger partial charge on any atom is 0.322 e. The van der Waals surface area contributed by atoms with Crippen molar-refractivity contribution in [3.63, 3.8) is 0 Å². The van der Waals surface area contributed by atoms with Crippen molar-refractivity contribution in [1.29, 1.82) is 0 Å². The molecule has 2 aromatic carbocycles. The molecule has 1 N–H and O–H groups in total. The van der Waals surface area contributed by atoms with E-state index in [2.05, 4.69) is 5.32 Å². The van der Waals surface area contributed by atoms with Crippen molar-refractivity contribution in [2.45, 2.75) is 59.5 Å². The summed E-state index contributed by atoms with van der Waals surface area (Å²) in [5, 5.41) is 3.63. The van der Waals surface area contributed by atoms with Gasteiger partial charge >= 0.3 is 6.03 Å². The Kier molecular flexibility index (Phi) is 7.45. The summed E-state index contributed by atoms with van der Waals surface area (Å²) < 4.78 is 1.75. The van der Waals surface area contributed by atoms with Crippen molar-refractivity contribution in [1.82, 2.24) is 14.5 Å². The lowest BCUT2D eigenvalue weighted by Gasteiger charge is -2.32. The van der Waals surface area contributed by atoms with Gasteiger partial charge in [0.2, 0.25) is 0 Å². The van der Waals surface area contributed by atoms with Gasteiger partial charge in [-0.15, -0.1) is 0 Å². The molecule has 1 heterocycles. The van der Waals surface area contributed by atoms with Gasteiger partial charge in [0.25, 0.3) is 5.56 Å². The molecule has 31 heavy (non-hydrogen) atoms. The highest BCUT2D eigenvalue weighted by Crippen LogP contribution is 2.25. The maximum absolute atomic E-state index is 13.3. The number of nitrogens with one attached hydrogen (secondary N) is 1. The second kappa shape index (κ2) is 10.2. The zero-order valence-corrected chi connectivity index (χ0v) is 18.9. The molecule has 0 aliphatic rings. The molecule has 6 heteroatoms. The Morgan fingerprint density at radius 2 is 1.77 bits per heavy atom. The van der Waals surface area contributed by atoms with Gasteiger partial charge in [-0.2, -0.15) is 0 Å². The van der Waals surface area contributed by atoms with Crippen LogP contribution in [0.25, 0.3) is 10.9 Å². The van der Waals surface area contributed by atoms with Gasteiger partial charge in [0.1, 0.15) is 5.82 Å². The summed E-state index contributed by atoms with van der Waals surface area (Å²) in [7, 11) is 0. The highest BCUT2D eigenvalue weighted by molar-refractivity contribution is 5.89. The number of carbonyl (C=O) groups is 1. The molecule has 6 nitrogen and oxygen atoms in total. The number of aromatic nitrogens is 2. The number of urea groups is 1. The van der Waals surface area contributed by atoms with E-state index < -0.39 is 0 Å². The number of fused-ring (bicyclic) bond motifs is 1. The first-order valence-electron chi connectivity index (χ1n) is 11.1. The molecule has 0 aliphatic carbocycles. The average Bonchev–Trinajstić information content (AvgIpc) is 2.77. The second-order valence-electron chi connectivity index (χ2n) is 7.86. The molecule has 3 rings (SSSR count). The van der Waals surface area contributed by atoms with Gasteiger partial charge in [-0.1, -0.05) is 50.6 Å². The molecule has 1 aromatic heterocycles. The molecule has 0 saturated carbocycles. The minimum absolute atomic E-state index is 0.0451. The van der Waals surface area contributed by atoms with Crippen molar-refractivity contribution in [2.75, 3.05) is 11.9 Å². The van der Waals surface area contributed by atoms with Crippen LogP contribution in [0, 0.1) is 6.92 Å². The number of carbonyl (C=O) groups excluding carboxylic acids is 1. The summed E-state index contributed by atoms with van der Waals surface area (Å²) in [5.74, 6) is 0.653. The minimum atomic E-state index is -0.297. The Bertz CT molecular complexity index is 1090. The summed E-state index contributed by atoms with van der Waals surface area (Å²) in [5.41, 5.74) is 2.52. The van der Waals surface area contributed by atoms with Crippen LogP contribution in [0.3, 0.4) is 0 Å². The smallest absolute Gasteiger partial charge is 0.314 e. The highest BCUT2D eigenvalue weighted by atomic mass is 16.2. The van der Waals surface area contributed by atoms with E-state index in [0.29, 0.717) is 36.2 Å². The van der Waals surface area contributed by atoms with E-state index in [0.717, 1.165) is 24.1 Å². The third-order valence-electron chi connectivity index (χ3n) is 5.43. The van der Waals surface area contributed by atoms with E-state index in [1.807, 2.05) is 81.1 Å². The van der Waals surface area contributed by atoms with Gasteiger partial charge < -0.3 is 10.2 Å². The first-order chi connectivity index (χ1) is 15.0. The fraction of sp³-hybridized carbons (Fsp3) is 0.400. The first-order valence-corrected chi connectivity index (χ1v) is 11.1. The standard InChI is InChI=1S/C25H32N4O2/c1-5-16-28(25(31)26-19-14-12-18(4)13-15-19)22(7-3)23-27-21-11-9-8-10-20(21)24(30)29(23)17-6-2/h8-15,22H,5-7,16-17H2,1-4H3,(H,26,31). The SMILES string of the molecule is CCCN(C(=O)Nc1ccc(C)cc1)C(CC)c1nc2ccccc2c(=O)n1CCC. The molecule has 0 bridgehead atoms. The Labute approximate surface area is 183 Å². The number of hydrogen-bond donors (Lipinski definition) is 1. The Hall–Kier alpha value is -3.15. The molecule has 0 aliphatic heterocycles. The molecule has 0 fully saturated rings. The summed E-state index contributed by atoms with van der Waals surface area (Å²) in [6, 6.07) is 14.7. The van der Waals surface area contributed by atoms with E-state index in [9.17, 15) is 9.59 Å². The van der Waals surface area contributed by atoms with Crippen molar-refractivity contribution in [2.24, 2.45) is 0 Å². The number of anilines is 1. The van der Waals surface area contributed by atoms with E-state index in [1.165, 1.54) is 0 Å². The van der Waals surface area contributed by atoms with Crippen molar-refractivity contribution >= 4 is 22.6 Å². The second-order valence-corrected chi connectivity index (χ2v) is 7.86. The van der Waals surface area contributed by atoms with Crippen LogP contribution in [0.5, 0.6) is 0 Å². The number of amides is 2. The van der Waals surface area contributed by atoms with Crippen molar-refractivity contribution in [3.8, 4) is 0 Å². The zero-order valence-electron chi connectivity index (χ0n) is 18.9. The van der Waals surface area contributed by atoms with Crippen LogP contribution < -0.4 is 10.9 Å². The molecule has 2 amide bonds. The summed E-state index contributed by atoms with van der Waals surface area (Å²) in [6.07, 6.45) is 2.28. The Morgan fingerprint density at radius 3 is 2.42 bits per heavy atom. The summed E-state index contributed by atoms with van der Waals surface area (Å²) in [4.78, 5) is 33.2. The van der Waals surface area contributed by atoms with Gasteiger partial charge in [-0.3, -0.25) is 9.36 Å². The third kappa shape index (κ3) is 4.95. The van der Waals surface area contributed by atoms with Crippen LogP contribution in [0.4, 0.5) is 10.5 Å². The van der Waals surface area contributed by atoms with E-state index in [4.69, 9.17) is 4.98 Å². The predicted octanol–water partition coefficient (Wildman–Crippen LogP) is 5.51. The quantitative estimate of drug-likeness (QED) is 0.522. The molecular weight excluding hydrogens is 388 g/mol. The Morgan fingerprint density at radius 1 is 1.06 bits per heavy atom. The van der Waals surface area contributed by atoms with E-state index in [1.54, 1.807) is 4.57 Å². The van der Waals surface area contributed by atoms with Crippen LogP contribution in [0.1, 0.15) is 57.5 Å². The van der Waals surface area contributed by atoms with Crippen LogP contribution in [0.2, 0.25) is 0 Å². The molecule has 3 aromatic rings.